The molecule has 2 rings (SSSR count). The van der Waals surface area contributed by atoms with Gasteiger partial charge in [0.2, 0.25) is 5.91 Å². The van der Waals surface area contributed by atoms with Gasteiger partial charge in [-0.3, -0.25) is 4.79 Å². The topological polar surface area (TPSA) is 90.6 Å². The van der Waals surface area contributed by atoms with Crippen LogP contribution < -0.4 is 15.8 Å². The number of carbonyl (C=O) groups is 2. The average molecular weight is 314 g/mol. The van der Waals surface area contributed by atoms with Crippen molar-refractivity contribution in [1.82, 2.24) is 0 Å². The third kappa shape index (κ3) is 4.00. The molecule has 0 unspecified atom stereocenters. The van der Waals surface area contributed by atoms with Gasteiger partial charge in [0.25, 0.3) is 0 Å². The molecule has 2 aromatic rings. The summed E-state index contributed by atoms with van der Waals surface area (Å²) in [5, 5.41) is 2.66. The summed E-state index contributed by atoms with van der Waals surface area (Å²) in [6, 6.07) is 11.8. The fourth-order valence-corrected chi connectivity index (χ4v) is 1.91. The maximum atomic E-state index is 11.9. The second-order valence-electron chi connectivity index (χ2n) is 4.74. The standard InChI is InChI=1S/C17H18N2O4/c1-3-16(20)19-14-9-8-11(10-12(14)17(21)22-2)23-15-7-5-4-6-13(15)18/h4-10H,3,18H2,1-2H3,(H,19,20). The molecular formula is C17H18N2O4. The van der Waals surface area contributed by atoms with E-state index in [0.717, 1.165) is 0 Å². The quantitative estimate of drug-likeness (QED) is 0.653. The van der Waals surface area contributed by atoms with E-state index >= 15 is 0 Å². The van der Waals surface area contributed by atoms with Crippen LogP contribution in [0.1, 0.15) is 23.7 Å². The Morgan fingerprint density at radius 3 is 2.57 bits per heavy atom. The van der Waals surface area contributed by atoms with E-state index in [2.05, 4.69) is 5.32 Å². The van der Waals surface area contributed by atoms with Crippen LogP contribution in [0.2, 0.25) is 0 Å². The molecule has 0 aliphatic rings. The van der Waals surface area contributed by atoms with Gasteiger partial charge < -0.3 is 20.5 Å². The van der Waals surface area contributed by atoms with Crippen molar-refractivity contribution in [2.75, 3.05) is 18.2 Å². The number of hydrogen-bond donors (Lipinski definition) is 2. The number of carbonyl (C=O) groups excluding carboxylic acids is 2. The molecule has 1 amide bonds. The minimum atomic E-state index is -0.567. The van der Waals surface area contributed by atoms with Gasteiger partial charge in [0.1, 0.15) is 11.5 Å². The number of rotatable bonds is 5. The summed E-state index contributed by atoms with van der Waals surface area (Å²) < 4.78 is 10.4. The van der Waals surface area contributed by atoms with Crippen LogP contribution in [0.25, 0.3) is 0 Å². The van der Waals surface area contributed by atoms with Crippen LogP contribution in [-0.2, 0) is 9.53 Å². The van der Waals surface area contributed by atoms with E-state index in [9.17, 15) is 9.59 Å². The molecule has 0 saturated carbocycles. The highest BCUT2D eigenvalue weighted by molar-refractivity contribution is 6.01. The number of amides is 1. The van der Waals surface area contributed by atoms with E-state index in [1.807, 2.05) is 0 Å². The largest absolute Gasteiger partial charge is 0.465 e. The lowest BCUT2D eigenvalue weighted by Gasteiger charge is -2.13. The van der Waals surface area contributed by atoms with Crippen LogP contribution in [0.4, 0.5) is 11.4 Å². The van der Waals surface area contributed by atoms with Crippen LogP contribution in [-0.4, -0.2) is 19.0 Å². The summed E-state index contributed by atoms with van der Waals surface area (Å²) in [6.45, 7) is 1.73. The lowest BCUT2D eigenvalue weighted by Crippen LogP contribution is -2.14. The summed E-state index contributed by atoms with van der Waals surface area (Å²) >= 11 is 0. The third-order valence-corrected chi connectivity index (χ3v) is 3.14. The Morgan fingerprint density at radius 2 is 1.91 bits per heavy atom. The Kier molecular flexibility index (Phi) is 5.19. The summed E-state index contributed by atoms with van der Waals surface area (Å²) in [7, 11) is 1.27. The van der Waals surface area contributed by atoms with Crippen molar-refractivity contribution < 1.29 is 19.1 Å². The molecule has 3 N–H and O–H groups in total. The highest BCUT2D eigenvalue weighted by Crippen LogP contribution is 2.30. The number of nitrogen functional groups attached to an aromatic ring is 1. The first kappa shape index (κ1) is 16.4. The third-order valence-electron chi connectivity index (χ3n) is 3.14. The molecule has 0 bridgehead atoms. The fourth-order valence-electron chi connectivity index (χ4n) is 1.91. The first-order chi connectivity index (χ1) is 11.0. The molecule has 23 heavy (non-hydrogen) atoms. The number of anilines is 2. The van der Waals surface area contributed by atoms with Gasteiger partial charge in [0, 0.05) is 6.42 Å². The number of methoxy groups -OCH3 is 1. The summed E-state index contributed by atoms with van der Waals surface area (Å²) in [4.78, 5) is 23.5. The van der Waals surface area contributed by atoms with Crippen molar-refractivity contribution in [2.24, 2.45) is 0 Å². The van der Waals surface area contributed by atoms with E-state index in [0.29, 0.717) is 29.3 Å². The molecule has 0 radical (unpaired) electrons. The Hall–Kier alpha value is -3.02. The van der Waals surface area contributed by atoms with E-state index in [-0.39, 0.29) is 11.5 Å². The average Bonchev–Trinajstić information content (AvgIpc) is 2.57. The smallest absolute Gasteiger partial charge is 0.340 e. The maximum absolute atomic E-state index is 11.9. The molecule has 0 spiro atoms. The summed E-state index contributed by atoms with van der Waals surface area (Å²) in [5.74, 6) is 0.130. The fraction of sp³-hybridized carbons (Fsp3) is 0.176. The van der Waals surface area contributed by atoms with E-state index in [1.165, 1.54) is 13.2 Å². The first-order valence-electron chi connectivity index (χ1n) is 7.09. The molecule has 0 heterocycles. The molecule has 0 fully saturated rings. The normalized spacial score (nSPS) is 10.0. The Balaban J connectivity index is 2.34. The second-order valence-corrected chi connectivity index (χ2v) is 4.74. The van der Waals surface area contributed by atoms with Crippen molar-refractivity contribution in [3.8, 4) is 11.5 Å². The Labute approximate surface area is 134 Å². The molecule has 0 saturated heterocycles. The van der Waals surface area contributed by atoms with Gasteiger partial charge in [-0.25, -0.2) is 4.79 Å². The number of nitrogens with two attached hydrogens (primary N) is 1. The minimum absolute atomic E-state index is 0.198. The minimum Gasteiger partial charge on any atom is -0.465 e. The number of esters is 1. The molecule has 2 aromatic carbocycles. The molecule has 0 aliphatic carbocycles. The van der Waals surface area contributed by atoms with Gasteiger partial charge in [-0.2, -0.15) is 0 Å². The van der Waals surface area contributed by atoms with Gasteiger partial charge in [0.15, 0.2) is 0 Å². The lowest BCUT2D eigenvalue weighted by molar-refractivity contribution is -0.115. The van der Waals surface area contributed by atoms with Gasteiger partial charge in [-0.15, -0.1) is 0 Å². The van der Waals surface area contributed by atoms with E-state index < -0.39 is 5.97 Å². The molecular weight excluding hydrogens is 296 g/mol. The molecule has 120 valence electrons. The van der Waals surface area contributed by atoms with Crippen molar-refractivity contribution in [3.05, 3.63) is 48.0 Å². The highest BCUT2D eigenvalue weighted by atomic mass is 16.5. The van der Waals surface area contributed by atoms with E-state index in [1.54, 1.807) is 43.3 Å². The van der Waals surface area contributed by atoms with Crippen LogP contribution >= 0.6 is 0 Å². The van der Waals surface area contributed by atoms with Gasteiger partial charge in [-0.05, 0) is 30.3 Å². The van der Waals surface area contributed by atoms with E-state index in [4.69, 9.17) is 15.2 Å². The van der Waals surface area contributed by atoms with Crippen molar-refractivity contribution in [2.45, 2.75) is 13.3 Å². The monoisotopic (exact) mass is 314 g/mol. The van der Waals surface area contributed by atoms with Gasteiger partial charge >= 0.3 is 5.97 Å². The summed E-state index contributed by atoms with van der Waals surface area (Å²) in [6.07, 6.45) is 0.305. The molecule has 6 nitrogen and oxygen atoms in total. The second kappa shape index (κ2) is 7.31. The molecule has 0 aromatic heterocycles. The Bertz CT molecular complexity index is 728. The van der Waals surface area contributed by atoms with Crippen LogP contribution in [0, 0.1) is 0 Å². The predicted octanol–water partition coefficient (Wildman–Crippen LogP) is 3.20. The maximum Gasteiger partial charge on any atom is 0.340 e. The number of nitrogens with one attached hydrogen (secondary N) is 1. The highest BCUT2D eigenvalue weighted by Gasteiger charge is 2.15. The molecule has 6 heteroatoms. The lowest BCUT2D eigenvalue weighted by atomic mass is 10.1. The Morgan fingerprint density at radius 1 is 1.17 bits per heavy atom. The zero-order valence-corrected chi connectivity index (χ0v) is 13.0. The first-order valence-corrected chi connectivity index (χ1v) is 7.09. The summed E-state index contributed by atoms with van der Waals surface area (Å²) in [5.41, 5.74) is 6.90. The number of hydrogen-bond acceptors (Lipinski definition) is 5. The van der Waals surface area contributed by atoms with Gasteiger partial charge in [0.05, 0.1) is 24.0 Å². The number of benzene rings is 2. The van der Waals surface area contributed by atoms with Crippen LogP contribution in [0.5, 0.6) is 11.5 Å². The van der Waals surface area contributed by atoms with Crippen molar-refractivity contribution in [1.29, 1.82) is 0 Å². The molecule has 0 aliphatic heterocycles. The molecule has 0 atom stereocenters. The van der Waals surface area contributed by atoms with Gasteiger partial charge in [-0.1, -0.05) is 19.1 Å². The van der Waals surface area contributed by atoms with Crippen LogP contribution in [0.3, 0.4) is 0 Å². The number of ether oxygens (including phenoxy) is 2. The SMILES string of the molecule is CCC(=O)Nc1ccc(Oc2ccccc2N)cc1C(=O)OC. The van der Waals surface area contributed by atoms with Crippen molar-refractivity contribution >= 4 is 23.3 Å². The van der Waals surface area contributed by atoms with Crippen LogP contribution in [0.15, 0.2) is 42.5 Å². The zero-order chi connectivity index (χ0) is 16.8. The number of para-hydroxylation sites is 2. The predicted molar refractivity (Wildman–Crippen MR) is 87.6 cm³/mol. The van der Waals surface area contributed by atoms with Crippen molar-refractivity contribution in [3.63, 3.8) is 0 Å². The zero-order valence-electron chi connectivity index (χ0n) is 13.0.